The summed E-state index contributed by atoms with van der Waals surface area (Å²) in [5, 5.41) is 3.08. The molecular formula is C16H24N2O. The van der Waals surface area contributed by atoms with Crippen LogP contribution >= 0.6 is 0 Å². The predicted octanol–water partition coefficient (Wildman–Crippen LogP) is 2.65. The first-order valence-corrected chi connectivity index (χ1v) is 7.17. The van der Waals surface area contributed by atoms with E-state index in [-0.39, 0.29) is 11.9 Å². The van der Waals surface area contributed by atoms with Crippen molar-refractivity contribution in [3.8, 4) is 0 Å². The molecule has 0 fully saturated rings. The summed E-state index contributed by atoms with van der Waals surface area (Å²) < 4.78 is 0. The van der Waals surface area contributed by atoms with Gasteiger partial charge in [0, 0.05) is 0 Å². The van der Waals surface area contributed by atoms with Gasteiger partial charge >= 0.3 is 0 Å². The molecule has 0 aliphatic heterocycles. The topological polar surface area (TPSA) is 55.1 Å². The van der Waals surface area contributed by atoms with Crippen molar-refractivity contribution in [2.45, 2.75) is 58.0 Å². The van der Waals surface area contributed by atoms with Crippen molar-refractivity contribution in [1.29, 1.82) is 0 Å². The summed E-state index contributed by atoms with van der Waals surface area (Å²) in [5.74, 6) is 0.449. The van der Waals surface area contributed by atoms with E-state index in [1.54, 1.807) is 6.92 Å². The molecule has 0 bridgehead atoms. The minimum Gasteiger partial charge on any atom is -0.348 e. The van der Waals surface area contributed by atoms with Crippen LogP contribution in [0.3, 0.4) is 0 Å². The lowest BCUT2D eigenvalue weighted by molar-refractivity contribution is -0.122. The summed E-state index contributed by atoms with van der Waals surface area (Å²) >= 11 is 0. The second-order valence-corrected chi connectivity index (χ2v) is 5.86. The van der Waals surface area contributed by atoms with Crippen molar-refractivity contribution in [2.75, 3.05) is 0 Å². The molecule has 0 spiro atoms. The van der Waals surface area contributed by atoms with Crippen LogP contribution in [0.1, 0.15) is 62.3 Å². The van der Waals surface area contributed by atoms with Gasteiger partial charge in [-0.25, -0.2) is 0 Å². The lowest BCUT2D eigenvalue weighted by Crippen LogP contribution is -2.41. The number of hydrogen-bond acceptors (Lipinski definition) is 2. The third kappa shape index (κ3) is 3.16. The van der Waals surface area contributed by atoms with E-state index in [1.165, 1.54) is 16.7 Å². The monoisotopic (exact) mass is 260 g/mol. The molecule has 0 unspecified atom stereocenters. The number of rotatable bonds is 3. The van der Waals surface area contributed by atoms with E-state index in [0.717, 1.165) is 19.3 Å². The van der Waals surface area contributed by atoms with Gasteiger partial charge in [-0.3, -0.25) is 4.79 Å². The van der Waals surface area contributed by atoms with Gasteiger partial charge in [0.05, 0.1) is 12.1 Å². The SMILES string of the molecule is CC(C)c1ccc2c(c1)[C@H](NC(=O)[C@@H](C)N)CCC2. The smallest absolute Gasteiger partial charge is 0.237 e. The van der Waals surface area contributed by atoms with Crippen LogP contribution in [-0.4, -0.2) is 11.9 Å². The Kier molecular flexibility index (Phi) is 4.25. The molecule has 3 N–H and O–H groups in total. The van der Waals surface area contributed by atoms with E-state index in [0.29, 0.717) is 5.92 Å². The molecule has 2 rings (SSSR count). The van der Waals surface area contributed by atoms with Crippen LogP contribution in [0.5, 0.6) is 0 Å². The molecule has 1 aromatic rings. The summed E-state index contributed by atoms with van der Waals surface area (Å²) in [4.78, 5) is 11.8. The summed E-state index contributed by atoms with van der Waals surface area (Å²) in [6.45, 7) is 6.11. The molecule has 1 aliphatic carbocycles. The molecule has 0 heterocycles. The molecule has 3 nitrogen and oxygen atoms in total. The molecule has 19 heavy (non-hydrogen) atoms. The van der Waals surface area contributed by atoms with Gasteiger partial charge in [-0.2, -0.15) is 0 Å². The van der Waals surface area contributed by atoms with Crippen molar-refractivity contribution in [3.63, 3.8) is 0 Å². The zero-order chi connectivity index (χ0) is 14.0. The fraction of sp³-hybridized carbons (Fsp3) is 0.562. The minimum absolute atomic E-state index is 0.0622. The predicted molar refractivity (Wildman–Crippen MR) is 78.0 cm³/mol. The molecule has 0 radical (unpaired) electrons. The third-order valence-corrected chi connectivity index (χ3v) is 3.88. The van der Waals surface area contributed by atoms with Crippen molar-refractivity contribution in [3.05, 3.63) is 34.9 Å². The molecule has 0 saturated heterocycles. The molecule has 1 aliphatic rings. The van der Waals surface area contributed by atoms with Gasteiger partial charge in [-0.15, -0.1) is 0 Å². The average Bonchev–Trinajstić information content (AvgIpc) is 2.38. The highest BCUT2D eigenvalue weighted by molar-refractivity contribution is 5.81. The number of benzene rings is 1. The standard InChI is InChI=1S/C16H24N2O/c1-10(2)13-8-7-12-5-4-6-15(14(12)9-13)18-16(19)11(3)17/h7-11,15H,4-6,17H2,1-3H3,(H,18,19)/t11-,15-/m1/s1. The number of hydrogen-bond donors (Lipinski definition) is 2. The fourth-order valence-corrected chi connectivity index (χ4v) is 2.63. The van der Waals surface area contributed by atoms with Crippen LogP contribution in [-0.2, 0) is 11.2 Å². The number of aryl methyl sites for hydroxylation is 1. The summed E-state index contributed by atoms with van der Waals surface area (Å²) in [6.07, 6.45) is 3.24. The Balaban J connectivity index is 2.26. The lowest BCUT2D eigenvalue weighted by Gasteiger charge is -2.28. The minimum atomic E-state index is -0.446. The quantitative estimate of drug-likeness (QED) is 0.878. The number of carbonyl (C=O) groups is 1. The second-order valence-electron chi connectivity index (χ2n) is 5.86. The maximum atomic E-state index is 11.8. The van der Waals surface area contributed by atoms with E-state index in [9.17, 15) is 4.79 Å². The highest BCUT2D eigenvalue weighted by Gasteiger charge is 2.23. The number of fused-ring (bicyclic) bond motifs is 1. The number of amides is 1. The van der Waals surface area contributed by atoms with Crippen LogP contribution in [0.2, 0.25) is 0 Å². The average molecular weight is 260 g/mol. The van der Waals surface area contributed by atoms with Crippen LogP contribution in [0.4, 0.5) is 0 Å². The molecular weight excluding hydrogens is 236 g/mol. The number of nitrogens with two attached hydrogens (primary N) is 1. The normalized spacial score (nSPS) is 19.9. The van der Waals surface area contributed by atoms with Gasteiger partial charge in [0.25, 0.3) is 0 Å². The summed E-state index contributed by atoms with van der Waals surface area (Å²) in [7, 11) is 0. The van der Waals surface area contributed by atoms with Crippen LogP contribution < -0.4 is 11.1 Å². The van der Waals surface area contributed by atoms with E-state index in [2.05, 4.69) is 37.4 Å². The fourth-order valence-electron chi connectivity index (χ4n) is 2.63. The maximum Gasteiger partial charge on any atom is 0.237 e. The van der Waals surface area contributed by atoms with E-state index in [4.69, 9.17) is 5.73 Å². The molecule has 0 saturated carbocycles. The van der Waals surface area contributed by atoms with E-state index in [1.807, 2.05) is 0 Å². The highest BCUT2D eigenvalue weighted by Crippen LogP contribution is 2.32. The molecule has 1 amide bonds. The summed E-state index contributed by atoms with van der Waals surface area (Å²) in [6, 6.07) is 6.36. The first-order valence-electron chi connectivity index (χ1n) is 7.17. The van der Waals surface area contributed by atoms with Crippen molar-refractivity contribution < 1.29 is 4.79 Å². The molecule has 2 atom stereocenters. The Bertz CT molecular complexity index is 466. The molecule has 1 aromatic carbocycles. The zero-order valence-electron chi connectivity index (χ0n) is 12.1. The zero-order valence-corrected chi connectivity index (χ0v) is 12.1. The Morgan fingerprint density at radius 1 is 1.37 bits per heavy atom. The largest absolute Gasteiger partial charge is 0.348 e. The van der Waals surface area contributed by atoms with Crippen molar-refractivity contribution >= 4 is 5.91 Å². The van der Waals surface area contributed by atoms with E-state index < -0.39 is 6.04 Å². The van der Waals surface area contributed by atoms with Gasteiger partial charge in [0.1, 0.15) is 0 Å². The summed E-state index contributed by atoms with van der Waals surface area (Å²) in [5.41, 5.74) is 9.62. The van der Waals surface area contributed by atoms with Crippen LogP contribution in [0.15, 0.2) is 18.2 Å². The van der Waals surface area contributed by atoms with E-state index >= 15 is 0 Å². The first-order chi connectivity index (χ1) is 8.99. The Morgan fingerprint density at radius 3 is 2.74 bits per heavy atom. The van der Waals surface area contributed by atoms with Gasteiger partial charge in [-0.05, 0) is 48.8 Å². The lowest BCUT2D eigenvalue weighted by atomic mass is 9.85. The Labute approximate surface area is 115 Å². The van der Waals surface area contributed by atoms with Gasteiger partial charge in [0.2, 0.25) is 5.91 Å². The van der Waals surface area contributed by atoms with Crippen LogP contribution in [0, 0.1) is 0 Å². The third-order valence-electron chi connectivity index (χ3n) is 3.88. The molecule has 104 valence electrons. The van der Waals surface area contributed by atoms with Crippen molar-refractivity contribution in [1.82, 2.24) is 5.32 Å². The number of carbonyl (C=O) groups excluding carboxylic acids is 1. The first kappa shape index (κ1) is 14.1. The van der Waals surface area contributed by atoms with Gasteiger partial charge < -0.3 is 11.1 Å². The van der Waals surface area contributed by atoms with Gasteiger partial charge in [0.15, 0.2) is 0 Å². The Morgan fingerprint density at radius 2 is 2.11 bits per heavy atom. The second kappa shape index (κ2) is 5.74. The van der Waals surface area contributed by atoms with Crippen molar-refractivity contribution in [2.24, 2.45) is 5.73 Å². The van der Waals surface area contributed by atoms with Crippen LogP contribution in [0.25, 0.3) is 0 Å². The number of nitrogens with one attached hydrogen (secondary N) is 1. The highest BCUT2D eigenvalue weighted by atomic mass is 16.2. The molecule has 3 heteroatoms. The molecule has 0 aromatic heterocycles. The van der Waals surface area contributed by atoms with Gasteiger partial charge in [-0.1, -0.05) is 32.0 Å². The maximum absolute atomic E-state index is 11.8. The Hall–Kier alpha value is -1.35.